The van der Waals surface area contributed by atoms with Gasteiger partial charge in [-0.05, 0) is 13.4 Å². The van der Waals surface area contributed by atoms with E-state index in [1.165, 1.54) is 6.92 Å². The summed E-state index contributed by atoms with van der Waals surface area (Å²) in [5.41, 5.74) is -0.665. The predicted octanol–water partition coefficient (Wildman–Crippen LogP) is 1.81. The van der Waals surface area contributed by atoms with Crippen LogP contribution in [0.2, 0.25) is 0 Å². The maximum atomic E-state index is 13.0. The van der Waals surface area contributed by atoms with E-state index in [2.05, 4.69) is 0 Å². The van der Waals surface area contributed by atoms with Crippen molar-refractivity contribution >= 4 is 7.85 Å². The highest BCUT2D eigenvalue weighted by Crippen LogP contribution is 2.26. The van der Waals surface area contributed by atoms with Gasteiger partial charge in [-0.15, -0.1) is 5.82 Å². The highest BCUT2D eigenvalue weighted by molar-refractivity contribution is 6.12. The van der Waals surface area contributed by atoms with Crippen LogP contribution in [-0.4, -0.2) is 7.85 Å². The molecule has 0 aromatic heterocycles. The van der Waals surface area contributed by atoms with Gasteiger partial charge in [-0.25, -0.2) is 22.0 Å². The topological polar surface area (TPSA) is 0 Å². The van der Waals surface area contributed by atoms with Crippen molar-refractivity contribution in [2.45, 2.75) is 12.7 Å². The molecule has 1 aromatic rings. The fourth-order valence-corrected chi connectivity index (χ4v) is 0.875. The molecule has 0 amide bonds. The lowest BCUT2D eigenvalue weighted by Gasteiger charge is -2.13. The highest BCUT2D eigenvalue weighted by Gasteiger charge is 2.25. The zero-order valence-corrected chi connectivity index (χ0v) is 6.47. The molecule has 1 unspecified atom stereocenters. The first-order valence-electron chi connectivity index (χ1n) is 3.31. The van der Waals surface area contributed by atoms with E-state index in [0.29, 0.717) is 0 Å². The van der Waals surface area contributed by atoms with Crippen LogP contribution >= 0.6 is 0 Å². The lowest BCUT2D eigenvalue weighted by Crippen LogP contribution is -2.09. The summed E-state index contributed by atoms with van der Waals surface area (Å²) in [5, 5.41) is 0. The summed E-state index contributed by atoms with van der Waals surface area (Å²) in [4.78, 5) is 0. The van der Waals surface area contributed by atoms with Gasteiger partial charge in [0.25, 0.3) is 0 Å². The van der Waals surface area contributed by atoms with Crippen molar-refractivity contribution in [3.8, 4) is 0 Å². The van der Waals surface area contributed by atoms with Crippen molar-refractivity contribution in [3.05, 3.63) is 34.6 Å². The van der Waals surface area contributed by atoms with Gasteiger partial charge in [0.05, 0.1) is 0 Å². The van der Waals surface area contributed by atoms with Gasteiger partial charge < -0.3 is 0 Å². The molecule has 0 aliphatic rings. The first kappa shape index (κ1) is 11.0. The minimum Gasteiger partial charge on any atom is -0.203 e. The predicted molar refractivity (Wildman–Crippen MR) is 44.6 cm³/mol. The van der Waals surface area contributed by atoms with Gasteiger partial charge in [-0.2, -0.15) is 0 Å². The average molecular weight is 209 g/mol. The average Bonchev–Trinajstić information content (AvgIpc) is 2.11. The lowest BCUT2D eigenvalue weighted by atomic mass is 9.82. The van der Waals surface area contributed by atoms with Crippen molar-refractivity contribution in [3.63, 3.8) is 0 Å². The molecular formula is C8H7BF5-. The van der Waals surface area contributed by atoms with Gasteiger partial charge in [0.2, 0.25) is 5.82 Å². The zero-order chi connectivity index (χ0) is 11.0. The second-order valence-electron chi connectivity index (χ2n) is 2.27. The summed E-state index contributed by atoms with van der Waals surface area (Å²) in [6.45, 7) is 1.46. The highest BCUT2D eigenvalue weighted by atomic mass is 19.2. The molecule has 0 N–H and O–H groups in total. The minimum absolute atomic E-state index is 0.514. The molecule has 14 heavy (non-hydrogen) atoms. The molecule has 0 aliphatic heterocycles. The van der Waals surface area contributed by atoms with Crippen LogP contribution in [0.5, 0.6) is 0 Å². The number of hydrogen-bond acceptors (Lipinski definition) is 0. The maximum absolute atomic E-state index is 13.0. The monoisotopic (exact) mass is 209 g/mol. The Bertz CT molecular complexity index is 345. The Labute approximate surface area is 78.1 Å². The largest absolute Gasteiger partial charge is 0.203 e. The van der Waals surface area contributed by atoms with Gasteiger partial charge in [-0.3, -0.25) is 0 Å². The van der Waals surface area contributed by atoms with Gasteiger partial charge in [0.15, 0.2) is 23.3 Å². The van der Waals surface area contributed by atoms with Gasteiger partial charge in [0.1, 0.15) is 0 Å². The van der Waals surface area contributed by atoms with Gasteiger partial charge in [0, 0.05) is 0 Å². The molecule has 6 heteroatoms. The Hall–Kier alpha value is -1.07. The number of halogens is 5. The van der Waals surface area contributed by atoms with Crippen molar-refractivity contribution in [1.29, 1.82) is 0 Å². The van der Waals surface area contributed by atoms with E-state index >= 15 is 0 Å². The standard InChI is InChI=1S/C8H7BF5/c1-2(9)3-4(10)6(12)8(14)7(13)5(3)11/h2H,1,9H3/q-1. The van der Waals surface area contributed by atoms with E-state index in [1.54, 1.807) is 0 Å². The third-order valence-corrected chi connectivity index (χ3v) is 1.53. The van der Waals surface area contributed by atoms with Crippen molar-refractivity contribution in [2.75, 3.05) is 0 Å². The van der Waals surface area contributed by atoms with Crippen LogP contribution in [0.4, 0.5) is 22.0 Å². The summed E-state index contributed by atoms with van der Waals surface area (Å²) < 4.78 is 63.8. The van der Waals surface area contributed by atoms with Crippen molar-refractivity contribution in [2.24, 2.45) is 0 Å². The number of rotatable bonds is 1. The van der Waals surface area contributed by atoms with E-state index in [-0.39, 0.29) is 0 Å². The Morgan fingerprint density at radius 1 is 0.786 bits per heavy atom. The fraction of sp³-hybridized carbons (Fsp3) is 0.250. The second kappa shape index (κ2) is 3.59. The normalized spacial score (nSPS) is 13.1. The first-order chi connectivity index (χ1) is 6.37. The summed E-state index contributed by atoms with van der Waals surface area (Å²) in [6, 6.07) is 0. The van der Waals surface area contributed by atoms with Crippen LogP contribution in [-0.2, 0) is 0 Å². The van der Waals surface area contributed by atoms with Crippen LogP contribution < -0.4 is 0 Å². The molecule has 0 saturated carbocycles. The van der Waals surface area contributed by atoms with Crippen LogP contribution in [0.25, 0.3) is 0 Å². The van der Waals surface area contributed by atoms with E-state index in [1.807, 2.05) is 0 Å². The maximum Gasteiger partial charge on any atom is 0.200 e. The van der Waals surface area contributed by atoms with Crippen LogP contribution in [0, 0.1) is 29.1 Å². The molecule has 1 aromatic carbocycles. The van der Waals surface area contributed by atoms with E-state index in [9.17, 15) is 22.0 Å². The van der Waals surface area contributed by atoms with Crippen molar-refractivity contribution < 1.29 is 22.0 Å². The minimum atomic E-state index is -2.09. The molecule has 0 spiro atoms. The third-order valence-electron chi connectivity index (χ3n) is 1.53. The third kappa shape index (κ3) is 1.49. The van der Waals surface area contributed by atoms with E-state index in [0.717, 1.165) is 0 Å². The Morgan fingerprint density at radius 3 is 1.36 bits per heavy atom. The Morgan fingerprint density at radius 2 is 1.07 bits per heavy atom. The van der Waals surface area contributed by atoms with Gasteiger partial charge in [-0.1, -0.05) is 6.92 Å². The van der Waals surface area contributed by atoms with Crippen LogP contribution in [0.15, 0.2) is 0 Å². The molecule has 1 rings (SSSR count). The molecule has 0 nitrogen and oxygen atoms in total. The van der Waals surface area contributed by atoms with Crippen LogP contribution in [0.1, 0.15) is 18.3 Å². The second-order valence-corrected chi connectivity index (χ2v) is 2.27. The Kier molecular flexibility index (Phi) is 2.82. The summed E-state index contributed by atoms with van der Waals surface area (Å²) in [6.07, 6.45) is 0. The summed E-state index contributed by atoms with van der Waals surface area (Å²) >= 11 is 0. The molecular weight excluding hydrogens is 202 g/mol. The SMILES string of the molecule is [BH3-]C(C)c1c(F)c(F)c(F)c(F)c1F. The van der Waals surface area contributed by atoms with Crippen molar-refractivity contribution in [1.82, 2.24) is 0 Å². The van der Waals surface area contributed by atoms with Gasteiger partial charge >= 0.3 is 0 Å². The Balaban J connectivity index is 3.60. The lowest BCUT2D eigenvalue weighted by molar-refractivity contribution is 0.370. The smallest absolute Gasteiger partial charge is 0.200 e. The summed E-state index contributed by atoms with van der Waals surface area (Å²) in [5.74, 6) is -9.70. The molecule has 0 aliphatic carbocycles. The zero-order valence-electron chi connectivity index (χ0n) is 6.47. The molecule has 1 atom stereocenters. The quantitative estimate of drug-likeness (QED) is 0.286. The number of benzene rings is 1. The van der Waals surface area contributed by atoms with Crippen LogP contribution in [0.3, 0.4) is 0 Å². The molecule has 0 saturated heterocycles. The number of hydrogen-bond donors (Lipinski definition) is 0. The van der Waals surface area contributed by atoms with E-state index < -0.39 is 48.3 Å². The van der Waals surface area contributed by atoms with E-state index in [4.69, 9.17) is 0 Å². The summed E-state index contributed by atoms with van der Waals surface area (Å²) in [7, 11) is -0.515. The fourth-order valence-electron chi connectivity index (χ4n) is 0.875. The molecule has 0 radical (unpaired) electrons. The molecule has 0 fully saturated rings. The molecule has 78 valence electrons. The molecule has 0 heterocycles. The first-order valence-corrected chi connectivity index (χ1v) is 3.31. The molecule has 0 bridgehead atoms.